The molecule has 0 amide bonds. The molecule has 0 unspecified atom stereocenters. The highest BCUT2D eigenvalue weighted by Gasteiger charge is 2.27. The van der Waals surface area contributed by atoms with Crippen LogP contribution < -0.4 is 0 Å². The van der Waals surface area contributed by atoms with Gasteiger partial charge in [0.15, 0.2) is 0 Å². The van der Waals surface area contributed by atoms with Gasteiger partial charge in [0.05, 0.1) is 5.56 Å². The number of rotatable bonds is 4. The summed E-state index contributed by atoms with van der Waals surface area (Å²) in [5.74, 6) is 0.272. The molecule has 1 N–H and O–H groups in total. The Morgan fingerprint density at radius 1 is 1.30 bits per heavy atom. The van der Waals surface area contributed by atoms with Gasteiger partial charge in [0, 0.05) is 17.3 Å². The third-order valence-corrected chi connectivity index (χ3v) is 5.66. The number of benzene rings is 1. The molecule has 0 saturated heterocycles. The first-order valence-electron chi connectivity index (χ1n) is 7.90. The molecule has 0 radical (unpaired) electrons. The molecule has 0 aliphatic carbocycles. The molecule has 0 bridgehead atoms. The Morgan fingerprint density at radius 2 is 2.13 bits per heavy atom. The molecule has 1 aliphatic rings. The van der Waals surface area contributed by atoms with Crippen molar-refractivity contribution in [3.05, 3.63) is 58.9 Å². The second-order valence-electron chi connectivity index (χ2n) is 6.65. The maximum Gasteiger partial charge on any atom is 0.337 e. The molecule has 1 aromatic carbocycles. The van der Waals surface area contributed by atoms with Crippen molar-refractivity contribution in [1.29, 1.82) is 0 Å². The van der Waals surface area contributed by atoms with E-state index < -0.39 is 5.97 Å². The standard InChI is InChI=1S/C19H21NO2S/c1-19(2)8-10-23-17-6-4-13(11-16(17)19)3-5-14-7-9-20-12-15(14)18(21)22/h4,6-7,9,11-12H,3,5,8,10H2,1-2H3,(H,21,22). The van der Waals surface area contributed by atoms with Crippen LogP contribution in [0, 0.1) is 0 Å². The molecule has 23 heavy (non-hydrogen) atoms. The zero-order valence-corrected chi connectivity index (χ0v) is 14.3. The third kappa shape index (κ3) is 3.42. The fourth-order valence-electron chi connectivity index (χ4n) is 3.05. The summed E-state index contributed by atoms with van der Waals surface area (Å²) < 4.78 is 0. The molecule has 1 aliphatic heterocycles. The number of hydrogen-bond acceptors (Lipinski definition) is 3. The summed E-state index contributed by atoms with van der Waals surface area (Å²) in [6.45, 7) is 4.61. The van der Waals surface area contributed by atoms with E-state index in [9.17, 15) is 9.90 Å². The van der Waals surface area contributed by atoms with Crippen LogP contribution in [-0.2, 0) is 18.3 Å². The minimum Gasteiger partial charge on any atom is -0.478 e. The van der Waals surface area contributed by atoms with Gasteiger partial charge in [-0.1, -0.05) is 26.0 Å². The van der Waals surface area contributed by atoms with Crippen molar-refractivity contribution in [2.45, 2.75) is 43.4 Å². The van der Waals surface area contributed by atoms with E-state index in [4.69, 9.17) is 0 Å². The van der Waals surface area contributed by atoms with Crippen LogP contribution in [0.4, 0.5) is 0 Å². The number of aryl methyl sites for hydroxylation is 2. The Bertz CT molecular complexity index is 740. The normalized spacial score (nSPS) is 15.9. The van der Waals surface area contributed by atoms with Crippen LogP contribution in [0.2, 0.25) is 0 Å². The van der Waals surface area contributed by atoms with E-state index in [0.29, 0.717) is 5.56 Å². The maximum absolute atomic E-state index is 11.3. The number of carboxylic acid groups (broad SMARTS) is 1. The molecule has 3 rings (SSSR count). The van der Waals surface area contributed by atoms with Gasteiger partial charge in [0.25, 0.3) is 0 Å². The molecular weight excluding hydrogens is 306 g/mol. The van der Waals surface area contributed by atoms with Crippen molar-refractivity contribution >= 4 is 17.7 Å². The average Bonchev–Trinajstić information content (AvgIpc) is 2.53. The summed E-state index contributed by atoms with van der Waals surface area (Å²) in [5, 5.41) is 9.25. The van der Waals surface area contributed by atoms with Gasteiger partial charge in [0.1, 0.15) is 0 Å². The molecule has 4 heteroatoms. The molecule has 0 saturated carbocycles. The first kappa shape index (κ1) is 16.1. The van der Waals surface area contributed by atoms with E-state index in [1.165, 1.54) is 34.4 Å². The molecular formula is C19H21NO2S. The lowest BCUT2D eigenvalue weighted by Gasteiger charge is -2.32. The van der Waals surface area contributed by atoms with Crippen LogP contribution in [0.1, 0.15) is 47.3 Å². The number of thioether (sulfide) groups is 1. The molecule has 3 nitrogen and oxygen atoms in total. The van der Waals surface area contributed by atoms with Crippen LogP contribution in [-0.4, -0.2) is 21.8 Å². The minimum atomic E-state index is -0.906. The molecule has 0 fully saturated rings. The summed E-state index contributed by atoms with van der Waals surface area (Å²) in [5.41, 5.74) is 4.08. The number of nitrogens with zero attached hydrogens (tertiary/aromatic N) is 1. The van der Waals surface area contributed by atoms with Crippen molar-refractivity contribution in [3.63, 3.8) is 0 Å². The van der Waals surface area contributed by atoms with E-state index in [2.05, 4.69) is 37.0 Å². The van der Waals surface area contributed by atoms with Crippen LogP contribution in [0.5, 0.6) is 0 Å². The van der Waals surface area contributed by atoms with Gasteiger partial charge in [0.2, 0.25) is 0 Å². The molecule has 1 aromatic heterocycles. The van der Waals surface area contributed by atoms with Gasteiger partial charge in [-0.15, -0.1) is 11.8 Å². The lowest BCUT2D eigenvalue weighted by Crippen LogP contribution is -2.22. The number of carbonyl (C=O) groups is 1. The second-order valence-corrected chi connectivity index (χ2v) is 7.79. The van der Waals surface area contributed by atoms with E-state index in [0.717, 1.165) is 18.4 Å². The van der Waals surface area contributed by atoms with Crippen molar-refractivity contribution in [2.24, 2.45) is 0 Å². The number of fused-ring (bicyclic) bond motifs is 1. The Kier molecular flexibility index (Phi) is 4.44. The van der Waals surface area contributed by atoms with Crippen molar-refractivity contribution in [3.8, 4) is 0 Å². The van der Waals surface area contributed by atoms with Gasteiger partial charge < -0.3 is 5.11 Å². The third-order valence-electron chi connectivity index (χ3n) is 4.58. The lowest BCUT2D eigenvalue weighted by atomic mass is 9.81. The van der Waals surface area contributed by atoms with E-state index in [-0.39, 0.29) is 5.41 Å². The van der Waals surface area contributed by atoms with Crippen LogP contribution >= 0.6 is 11.8 Å². The topological polar surface area (TPSA) is 50.2 Å². The van der Waals surface area contributed by atoms with E-state index in [1.54, 1.807) is 6.20 Å². The molecule has 0 spiro atoms. The largest absolute Gasteiger partial charge is 0.478 e. The van der Waals surface area contributed by atoms with Crippen molar-refractivity contribution in [1.82, 2.24) is 4.98 Å². The number of carboxylic acids is 1. The maximum atomic E-state index is 11.3. The van der Waals surface area contributed by atoms with Crippen molar-refractivity contribution in [2.75, 3.05) is 5.75 Å². The van der Waals surface area contributed by atoms with Gasteiger partial charge in [-0.25, -0.2) is 4.79 Å². The molecule has 2 heterocycles. The Morgan fingerprint density at radius 3 is 2.91 bits per heavy atom. The zero-order valence-electron chi connectivity index (χ0n) is 13.5. The summed E-state index contributed by atoms with van der Waals surface area (Å²) in [6, 6.07) is 8.51. The predicted molar refractivity (Wildman–Crippen MR) is 93.4 cm³/mol. The molecule has 120 valence electrons. The highest BCUT2D eigenvalue weighted by molar-refractivity contribution is 7.99. The minimum absolute atomic E-state index is 0.222. The summed E-state index contributed by atoms with van der Waals surface area (Å²) >= 11 is 1.93. The van der Waals surface area contributed by atoms with Crippen LogP contribution in [0.3, 0.4) is 0 Å². The fourth-order valence-corrected chi connectivity index (χ4v) is 4.54. The number of hydrogen-bond donors (Lipinski definition) is 1. The highest BCUT2D eigenvalue weighted by atomic mass is 32.2. The zero-order chi connectivity index (χ0) is 16.4. The highest BCUT2D eigenvalue weighted by Crippen LogP contribution is 2.41. The van der Waals surface area contributed by atoms with E-state index >= 15 is 0 Å². The number of aromatic nitrogens is 1. The molecule has 2 aromatic rings. The fraction of sp³-hybridized carbons (Fsp3) is 0.368. The predicted octanol–water partition coefficient (Wildman–Crippen LogP) is 4.34. The Labute approximate surface area is 141 Å². The quantitative estimate of drug-likeness (QED) is 0.907. The van der Waals surface area contributed by atoms with Gasteiger partial charge in [-0.2, -0.15) is 0 Å². The van der Waals surface area contributed by atoms with Crippen LogP contribution in [0.15, 0.2) is 41.6 Å². The first-order valence-corrected chi connectivity index (χ1v) is 8.88. The number of aromatic carboxylic acids is 1. The number of pyridine rings is 1. The second kappa shape index (κ2) is 6.36. The first-order chi connectivity index (χ1) is 11.0. The van der Waals surface area contributed by atoms with Gasteiger partial charge in [-0.05, 0) is 59.3 Å². The monoisotopic (exact) mass is 327 g/mol. The van der Waals surface area contributed by atoms with Gasteiger partial charge >= 0.3 is 5.97 Å². The Hall–Kier alpha value is -1.81. The average molecular weight is 327 g/mol. The Balaban J connectivity index is 1.81. The lowest BCUT2D eigenvalue weighted by molar-refractivity contribution is 0.0695. The molecule has 0 atom stereocenters. The van der Waals surface area contributed by atoms with Crippen LogP contribution in [0.25, 0.3) is 0 Å². The SMILES string of the molecule is CC1(C)CCSc2ccc(CCc3ccncc3C(=O)O)cc21. The smallest absolute Gasteiger partial charge is 0.337 e. The van der Waals surface area contributed by atoms with Crippen molar-refractivity contribution < 1.29 is 9.90 Å². The summed E-state index contributed by atoms with van der Waals surface area (Å²) in [7, 11) is 0. The summed E-state index contributed by atoms with van der Waals surface area (Å²) in [4.78, 5) is 16.6. The van der Waals surface area contributed by atoms with Gasteiger partial charge in [-0.3, -0.25) is 4.98 Å². The summed E-state index contributed by atoms with van der Waals surface area (Å²) in [6.07, 6.45) is 5.86. The van der Waals surface area contributed by atoms with E-state index in [1.807, 2.05) is 17.8 Å².